The van der Waals surface area contributed by atoms with Gasteiger partial charge in [0.05, 0.1) is 0 Å². The minimum absolute atomic E-state index is 0. The summed E-state index contributed by atoms with van der Waals surface area (Å²) < 4.78 is 0. The van der Waals surface area contributed by atoms with Gasteiger partial charge in [-0.25, -0.2) is 0 Å². The van der Waals surface area contributed by atoms with Crippen LogP contribution in [-0.4, -0.2) is 48.0 Å². The van der Waals surface area contributed by atoms with Gasteiger partial charge in [-0.15, -0.1) is 0 Å². The normalized spacial score (nSPS) is 14.0. The Morgan fingerprint density at radius 2 is 1.49 bits per heavy atom. The summed E-state index contributed by atoms with van der Waals surface area (Å²) >= 11 is 12.3. The fourth-order valence-electron chi connectivity index (χ4n) is 4.33. The van der Waals surface area contributed by atoms with Crippen molar-refractivity contribution in [2.45, 2.75) is 25.4 Å². The molecule has 3 aromatic carbocycles. The highest BCUT2D eigenvalue weighted by Crippen LogP contribution is 2.31. The molecule has 196 valence electrons. The fraction of sp³-hybridized carbons (Fsp3) is 0.286. The molecule has 2 N–H and O–H groups in total. The molecule has 4 rings (SSSR count). The van der Waals surface area contributed by atoms with Crippen molar-refractivity contribution in [2.24, 2.45) is 0 Å². The second-order valence-corrected chi connectivity index (χ2v) is 9.60. The average Bonchev–Trinajstić information content (AvgIpc) is 2.89. The summed E-state index contributed by atoms with van der Waals surface area (Å²) in [5.74, 6) is -0.405. The standard InChI is InChI=1S/C28H29Cl2N3O3.H2S/c29-23-9-5-10-24(30)26(23)27(35)28(36)33-18-16-32(17-19-33)22-14-12-21(13-15-22)31-25(34)11-4-8-20-6-2-1-3-7-20;/h1-3,5-7,9-10,12-15,27,35H,4,8,11,16-19H2,(H,31,34);1H2. The molecular weight excluding hydrogens is 529 g/mol. The van der Waals surface area contributed by atoms with E-state index in [9.17, 15) is 14.7 Å². The average molecular weight is 561 g/mol. The Balaban J connectivity index is 0.00000380. The second kappa shape index (κ2) is 13.7. The van der Waals surface area contributed by atoms with Gasteiger partial charge in [0.25, 0.3) is 5.91 Å². The number of nitrogens with zero attached hydrogens (tertiary/aromatic N) is 2. The molecule has 37 heavy (non-hydrogen) atoms. The van der Waals surface area contributed by atoms with E-state index in [2.05, 4.69) is 22.3 Å². The molecule has 0 radical (unpaired) electrons. The topological polar surface area (TPSA) is 72.9 Å². The predicted molar refractivity (Wildman–Crippen MR) is 155 cm³/mol. The van der Waals surface area contributed by atoms with Gasteiger partial charge in [0.1, 0.15) is 0 Å². The number of aliphatic hydroxyl groups excluding tert-OH is 1. The number of piperazine rings is 1. The lowest BCUT2D eigenvalue weighted by Gasteiger charge is -2.37. The maximum atomic E-state index is 12.8. The first-order valence-electron chi connectivity index (χ1n) is 12.0. The van der Waals surface area contributed by atoms with Crippen LogP contribution >= 0.6 is 36.7 Å². The van der Waals surface area contributed by atoms with E-state index in [0.717, 1.165) is 24.2 Å². The largest absolute Gasteiger partial charge is 0.378 e. The maximum Gasteiger partial charge on any atom is 0.256 e. The van der Waals surface area contributed by atoms with Gasteiger partial charge in [-0.05, 0) is 54.8 Å². The van der Waals surface area contributed by atoms with Gasteiger partial charge in [0, 0.05) is 59.6 Å². The van der Waals surface area contributed by atoms with Gasteiger partial charge in [-0.3, -0.25) is 9.59 Å². The molecule has 0 aliphatic carbocycles. The molecular formula is C28H31Cl2N3O3S. The van der Waals surface area contributed by atoms with Crippen molar-refractivity contribution >= 4 is 59.9 Å². The number of halogens is 2. The highest BCUT2D eigenvalue weighted by Gasteiger charge is 2.29. The second-order valence-electron chi connectivity index (χ2n) is 8.78. The predicted octanol–water partition coefficient (Wildman–Crippen LogP) is 5.45. The fourth-order valence-corrected chi connectivity index (χ4v) is 4.93. The van der Waals surface area contributed by atoms with E-state index in [4.69, 9.17) is 23.2 Å². The lowest BCUT2D eigenvalue weighted by Crippen LogP contribution is -2.50. The lowest BCUT2D eigenvalue weighted by molar-refractivity contribution is -0.140. The van der Waals surface area contributed by atoms with Crippen molar-refractivity contribution in [3.8, 4) is 0 Å². The van der Waals surface area contributed by atoms with Crippen LogP contribution in [0.1, 0.15) is 30.1 Å². The summed E-state index contributed by atoms with van der Waals surface area (Å²) in [5.41, 5.74) is 3.25. The number of hydrogen-bond acceptors (Lipinski definition) is 4. The zero-order chi connectivity index (χ0) is 25.5. The third-order valence-electron chi connectivity index (χ3n) is 6.33. The van der Waals surface area contributed by atoms with Crippen LogP contribution in [0.25, 0.3) is 0 Å². The van der Waals surface area contributed by atoms with E-state index in [1.54, 1.807) is 23.1 Å². The first-order valence-corrected chi connectivity index (χ1v) is 12.8. The van der Waals surface area contributed by atoms with Crippen LogP contribution in [0.5, 0.6) is 0 Å². The molecule has 1 aliphatic heterocycles. The molecule has 1 aliphatic rings. The number of aliphatic hydroxyl groups is 1. The van der Waals surface area contributed by atoms with E-state index >= 15 is 0 Å². The Morgan fingerprint density at radius 3 is 2.11 bits per heavy atom. The Kier molecular flexibility index (Phi) is 10.7. The summed E-state index contributed by atoms with van der Waals surface area (Å²) in [6.07, 6.45) is 0.754. The van der Waals surface area contributed by atoms with Crippen molar-refractivity contribution < 1.29 is 14.7 Å². The molecule has 6 nitrogen and oxygen atoms in total. The third-order valence-corrected chi connectivity index (χ3v) is 6.99. The van der Waals surface area contributed by atoms with Gasteiger partial charge in [-0.1, -0.05) is 59.6 Å². The van der Waals surface area contributed by atoms with Crippen LogP contribution in [0.4, 0.5) is 11.4 Å². The molecule has 0 bridgehead atoms. The number of carbonyl (C=O) groups excluding carboxylic acids is 2. The van der Waals surface area contributed by atoms with E-state index in [1.165, 1.54) is 5.56 Å². The number of carbonyl (C=O) groups is 2. The summed E-state index contributed by atoms with van der Waals surface area (Å²) in [7, 11) is 0. The lowest BCUT2D eigenvalue weighted by atomic mass is 10.1. The highest BCUT2D eigenvalue weighted by atomic mass is 35.5. The number of amides is 2. The molecule has 1 heterocycles. The van der Waals surface area contributed by atoms with Gasteiger partial charge in [0.2, 0.25) is 5.91 Å². The van der Waals surface area contributed by atoms with Crippen LogP contribution < -0.4 is 10.2 Å². The molecule has 2 amide bonds. The SMILES string of the molecule is O=C(CCCc1ccccc1)Nc1ccc(N2CCN(C(=O)C(O)c3c(Cl)cccc3Cl)CC2)cc1.S. The molecule has 0 saturated carbocycles. The smallest absolute Gasteiger partial charge is 0.256 e. The molecule has 1 atom stereocenters. The zero-order valence-electron chi connectivity index (χ0n) is 20.4. The number of rotatable bonds is 8. The van der Waals surface area contributed by atoms with Crippen LogP contribution in [0.3, 0.4) is 0 Å². The van der Waals surface area contributed by atoms with E-state index in [-0.39, 0.29) is 35.0 Å². The summed E-state index contributed by atoms with van der Waals surface area (Å²) in [4.78, 5) is 28.9. The molecule has 1 fully saturated rings. The molecule has 1 unspecified atom stereocenters. The minimum Gasteiger partial charge on any atom is -0.378 e. The minimum atomic E-state index is -1.40. The van der Waals surface area contributed by atoms with Gasteiger partial charge < -0.3 is 20.2 Å². The van der Waals surface area contributed by atoms with E-state index < -0.39 is 12.0 Å². The van der Waals surface area contributed by atoms with Crippen LogP contribution in [0, 0.1) is 0 Å². The molecule has 9 heteroatoms. The highest BCUT2D eigenvalue weighted by molar-refractivity contribution is 7.59. The zero-order valence-corrected chi connectivity index (χ0v) is 22.9. The number of benzene rings is 3. The molecule has 3 aromatic rings. The van der Waals surface area contributed by atoms with E-state index in [0.29, 0.717) is 32.6 Å². The molecule has 1 saturated heterocycles. The molecule has 0 spiro atoms. The summed E-state index contributed by atoms with van der Waals surface area (Å²) in [6.45, 7) is 2.19. The van der Waals surface area contributed by atoms with Gasteiger partial charge in [-0.2, -0.15) is 13.5 Å². The van der Waals surface area contributed by atoms with Crippen molar-refractivity contribution in [3.63, 3.8) is 0 Å². The number of aryl methyl sites for hydroxylation is 1. The van der Waals surface area contributed by atoms with Crippen molar-refractivity contribution in [1.29, 1.82) is 0 Å². The first kappa shape index (κ1) is 28.9. The van der Waals surface area contributed by atoms with Crippen LogP contribution in [0.15, 0.2) is 72.8 Å². The number of hydrogen-bond donors (Lipinski definition) is 2. The Hall–Kier alpha value is -2.71. The van der Waals surface area contributed by atoms with Crippen LogP contribution in [-0.2, 0) is 16.0 Å². The maximum absolute atomic E-state index is 12.8. The third kappa shape index (κ3) is 7.65. The summed E-state index contributed by atoms with van der Waals surface area (Å²) in [5, 5.41) is 14.1. The first-order chi connectivity index (χ1) is 17.4. The monoisotopic (exact) mass is 559 g/mol. The van der Waals surface area contributed by atoms with Crippen molar-refractivity contribution in [3.05, 3.63) is 94.0 Å². The Bertz CT molecular complexity index is 1170. The van der Waals surface area contributed by atoms with Crippen molar-refractivity contribution in [1.82, 2.24) is 4.90 Å². The van der Waals surface area contributed by atoms with E-state index in [1.807, 2.05) is 42.5 Å². The van der Waals surface area contributed by atoms with Gasteiger partial charge in [0.15, 0.2) is 6.10 Å². The number of nitrogens with one attached hydrogen (secondary N) is 1. The molecule has 0 aromatic heterocycles. The van der Waals surface area contributed by atoms with Crippen molar-refractivity contribution in [2.75, 3.05) is 36.4 Å². The Morgan fingerprint density at radius 1 is 0.865 bits per heavy atom. The number of anilines is 2. The summed E-state index contributed by atoms with van der Waals surface area (Å²) in [6, 6.07) is 22.8. The Labute approximate surface area is 234 Å². The van der Waals surface area contributed by atoms with Crippen LogP contribution in [0.2, 0.25) is 10.0 Å². The quantitative estimate of drug-likeness (QED) is 0.385. The van der Waals surface area contributed by atoms with Gasteiger partial charge >= 0.3 is 0 Å².